The van der Waals surface area contributed by atoms with Crippen molar-refractivity contribution in [2.75, 3.05) is 6.54 Å². The van der Waals surface area contributed by atoms with E-state index in [1.165, 1.54) is 51.4 Å². The van der Waals surface area contributed by atoms with Gasteiger partial charge in [-0.2, -0.15) is 0 Å². The molecule has 0 spiro atoms. The Morgan fingerprint density at radius 1 is 1.00 bits per heavy atom. The second kappa shape index (κ2) is 6.23. The number of hydrogen-bond donors (Lipinski definition) is 1. The van der Waals surface area contributed by atoms with E-state index in [1.807, 2.05) is 0 Å². The largest absolute Gasteiger partial charge is 0.308 e. The van der Waals surface area contributed by atoms with E-state index in [4.69, 9.17) is 0 Å². The molecule has 0 aromatic heterocycles. The molecule has 0 amide bonds. The van der Waals surface area contributed by atoms with E-state index in [0.717, 1.165) is 18.4 Å². The zero-order chi connectivity index (χ0) is 13.0. The Morgan fingerprint density at radius 3 is 2.17 bits per heavy atom. The van der Waals surface area contributed by atoms with Crippen LogP contribution in [0.5, 0.6) is 0 Å². The average molecular weight is 249 g/mol. The molecule has 104 valence electrons. The molecular weight excluding hydrogens is 218 g/mol. The predicted molar refractivity (Wildman–Crippen MR) is 79.8 cm³/mol. The Hall–Kier alpha value is -0.300. The normalized spacial score (nSPS) is 24.1. The van der Waals surface area contributed by atoms with Gasteiger partial charge in [-0.05, 0) is 58.3 Å². The molecule has 2 aliphatic rings. The lowest BCUT2D eigenvalue weighted by Gasteiger charge is -2.31. The highest BCUT2D eigenvalue weighted by Gasteiger charge is 2.22. The fourth-order valence-corrected chi connectivity index (χ4v) is 3.09. The van der Waals surface area contributed by atoms with E-state index in [9.17, 15) is 0 Å². The van der Waals surface area contributed by atoms with Gasteiger partial charge in [-0.3, -0.25) is 0 Å². The predicted octanol–water partition coefficient (Wildman–Crippen LogP) is 4.68. The van der Waals surface area contributed by atoms with Crippen LogP contribution in [0, 0.1) is 11.8 Å². The van der Waals surface area contributed by atoms with Crippen LogP contribution in [0.4, 0.5) is 0 Å². The summed E-state index contributed by atoms with van der Waals surface area (Å²) in [4.78, 5) is 0. The highest BCUT2D eigenvalue weighted by Crippen LogP contribution is 2.34. The second-order valence-electron chi connectivity index (χ2n) is 7.37. The van der Waals surface area contributed by atoms with Gasteiger partial charge >= 0.3 is 0 Å². The Morgan fingerprint density at radius 2 is 1.67 bits per heavy atom. The molecule has 2 fully saturated rings. The molecule has 18 heavy (non-hydrogen) atoms. The summed E-state index contributed by atoms with van der Waals surface area (Å²) in [5, 5.41) is 3.70. The SMILES string of the molecule is CC(C)(C)NCC(=CC1CCC1)C1CCCCC1. The van der Waals surface area contributed by atoms with E-state index in [0.29, 0.717) is 0 Å². The summed E-state index contributed by atoms with van der Waals surface area (Å²) in [6.07, 6.45) is 14.2. The maximum Gasteiger partial charge on any atom is 0.0172 e. The third-order valence-corrected chi connectivity index (χ3v) is 4.55. The van der Waals surface area contributed by atoms with Crippen LogP contribution in [0.1, 0.15) is 72.1 Å². The lowest BCUT2D eigenvalue weighted by molar-refractivity contribution is 0.354. The first-order valence-electron chi connectivity index (χ1n) is 8.00. The van der Waals surface area contributed by atoms with E-state index < -0.39 is 0 Å². The van der Waals surface area contributed by atoms with Gasteiger partial charge in [0.15, 0.2) is 0 Å². The van der Waals surface area contributed by atoms with Gasteiger partial charge in [0.05, 0.1) is 0 Å². The van der Waals surface area contributed by atoms with Crippen LogP contribution in [0.2, 0.25) is 0 Å². The molecule has 0 atom stereocenters. The van der Waals surface area contributed by atoms with Gasteiger partial charge < -0.3 is 5.32 Å². The van der Waals surface area contributed by atoms with Gasteiger partial charge in [-0.25, -0.2) is 0 Å². The van der Waals surface area contributed by atoms with Crippen molar-refractivity contribution in [2.24, 2.45) is 11.8 Å². The summed E-state index contributed by atoms with van der Waals surface area (Å²) in [5.74, 6) is 1.79. The van der Waals surface area contributed by atoms with Crippen molar-refractivity contribution in [3.05, 3.63) is 11.6 Å². The van der Waals surface area contributed by atoms with Crippen LogP contribution in [-0.2, 0) is 0 Å². The summed E-state index contributed by atoms with van der Waals surface area (Å²) in [5.41, 5.74) is 1.97. The first-order valence-corrected chi connectivity index (χ1v) is 8.00. The minimum absolute atomic E-state index is 0.243. The summed E-state index contributed by atoms with van der Waals surface area (Å²) in [7, 11) is 0. The third kappa shape index (κ3) is 4.42. The molecule has 1 nitrogen and oxygen atoms in total. The lowest BCUT2D eigenvalue weighted by Crippen LogP contribution is -2.38. The van der Waals surface area contributed by atoms with Gasteiger partial charge in [-0.15, -0.1) is 0 Å². The molecular formula is C17H31N. The summed E-state index contributed by atoms with van der Waals surface area (Å²) in [6.45, 7) is 7.93. The van der Waals surface area contributed by atoms with Crippen LogP contribution in [-0.4, -0.2) is 12.1 Å². The first-order chi connectivity index (χ1) is 8.54. The Balaban J connectivity index is 1.94. The molecule has 2 rings (SSSR count). The molecule has 2 saturated carbocycles. The highest BCUT2D eigenvalue weighted by molar-refractivity contribution is 5.13. The minimum atomic E-state index is 0.243. The Labute approximate surface area is 113 Å². The average Bonchev–Trinajstić information content (AvgIpc) is 2.26. The number of hydrogen-bond acceptors (Lipinski definition) is 1. The second-order valence-corrected chi connectivity index (χ2v) is 7.37. The summed E-state index contributed by atoms with van der Waals surface area (Å²) >= 11 is 0. The maximum atomic E-state index is 3.70. The fraction of sp³-hybridized carbons (Fsp3) is 0.882. The Bertz CT molecular complexity index is 274. The molecule has 0 bridgehead atoms. The molecule has 1 heteroatoms. The Kier molecular flexibility index (Phi) is 4.89. The van der Waals surface area contributed by atoms with Crippen LogP contribution in [0.15, 0.2) is 11.6 Å². The zero-order valence-corrected chi connectivity index (χ0v) is 12.6. The van der Waals surface area contributed by atoms with Crippen molar-refractivity contribution >= 4 is 0 Å². The highest BCUT2D eigenvalue weighted by atomic mass is 14.9. The molecule has 0 aliphatic heterocycles. The quantitative estimate of drug-likeness (QED) is 0.713. The maximum absolute atomic E-state index is 3.70. The van der Waals surface area contributed by atoms with Crippen LogP contribution >= 0.6 is 0 Å². The van der Waals surface area contributed by atoms with Crippen molar-refractivity contribution < 1.29 is 0 Å². The standard InChI is InChI=1S/C17H31N/c1-17(2,3)18-13-16(12-14-8-7-9-14)15-10-5-4-6-11-15/h12,14-15,18H,4-11,13H2,1-3H3. The van der Waals surface area contributed by atoms with E-state index in [2.05, 4.69) is 32.2 Å². The molecule has 0 unspecified atom stereocenters. The van der Waals surface area contributed by atoms with Gasteiger partial charge in [-0.1, -0.05) is 37.3 Å². The van der Waals surface area contributed by atoms with Gasteiger partial charge in [0, 0.05) is 12.1 Å². The summed E-state index contributed by atoms with van der Waals surface area (Å²) in [6, 6.07) is 0. The van der Waals surface area contributed by atoms with Gasteiger partial charge in [0.1, 0.15) is 0 Å². The summed E-state index contributed by atoms with van der Waals surface area (Å²) < 4.78 is 0. The fourth-order valence-electron chi connectivity index (χ4n) is 3.09. The molecule has 0 radical (unpaired) electrons. The van der Waals surface area contributed by atoms with Crippen molar-refractivity contribution in [1.29, 1.82) is 0 Å². The van der Waals surface area contributed by atoms with Crippen molar-refractivity contribution in [2.45, 2.75) is 77.7 Å². The monoisotopic (exact) mass is 249 g/mol. The van der Waals surface area contributed by atoms with E-state index in [-0.39, 0.29) is 5.54 Å². The number of nitrogens with one attached hydrogen (secondary N) is 1. The first kappa shape index (κ1) is 14.1. The third-order valence-electron chi connectivity index (χ3n) is 4.55. The van der Waals surface area contributed by atoms with Crippen LogP contribution < -0.4 is 5.32 Å². The zero-order valence-electron chi connectivity index (χ0n) is 12.6. The van der Waals surface area contributed by atoms with Crippen LogP contribution in [0.3, 0.4) is 0 Å². The molecule has 0 heterocycles. The molecule has 2 aliphatic carbocycles. The lowest BCUT2D eigenvalue weighted by atomic mass is 9.78. The molecule has 1 N–H and O–H groups in total. The van der Waals surface area contributed by atoms with Crippen LogP contribution in [0.25, 0.3) is 0 Å². The molecule has 0 saturated heterocycles. The van der Waals surface area contributed by atoms with Gasteiger partial charge in [0.2, 0.25) is 0 Å². The van der Waals surface area contributed by atoms with Crippen molar-refractivity contribution in [1.82, 2.24) is 5.32 Å². The number of allylic oxidation sites excluding steroid dienone is 1. The minimum Gasteiger partial charge on any atom is -0.308 e. The van der Waals surface area contributed by atoms with E-state index >= 15 is 0 Å². The number of rotatable bonds is 4. The topological polar surface area (TPSA) is 12.0 Å². The molecule has 0 aromatic rings. The van der Waals surface area contributed by atoms with Crippen molar-refractivity contribution in [3.8, 4) is 0 Å². The smallest absolute Gasteiger partial charge is 0.0172 e. The molecule has 0 aromatic carbocycles. The van der Waals surface area contributed by atoms with Crippen molar-refractivity contribution in [3.63, 3.8) is 0 Å². The van der Waals surface area contributed by atoms with E-state index in [1.54, 1.807) is 5.57 Å². The van der Waals surface area contributed by atoms with Gasteiger partial charge in [0.25, 0.3) is 0 Å².